The molecule has 0 aromatic heterocycles. The molecule has 1 N–H and O–H groups in total. The summed E-state index contributed by atoms with van der Waals surface area (Å²) in [5.41, 5.74) is 1.01. The molecule has 4 aromatic rings. The number of ether oxygens (including phenoxy) is 1. The second-order valence-electron chi connectivity index (χ2n) is 8.35. The molecule has 38 heavy (non-hydrogen) atoms. The van der Waals surface area contributed by atoms with E-state index in [1.165, 1.54) is 30.3 Å². The van der Waals surface area contributed by atoms with Crippen molar-refractivity contribution in [2.45, 2.75) is 6.61 Å². The minimum absolute atomic E-state index is 0.0844. The van der Waals surface area contributed by atoms with Crippen LogP contribution in [-0.2, 0) is 16.2 Å². The van der Waals surface area contributed by atoms with Gasteiger partial charge in [-0.1, -0.05) is 58.4 Å². The van der Waals surface area contributed by atoms with Crippen molar-refractivity contribution in [2.75, 3.05) is 4.90 Å². The van der Waals surface area contributed by atoms with Crippen LogP contribution in [0.3, 0.4) is 0 Å². The van der Waals surface area contributed by atoms with E-state index in [0.717, 1.165) is 25.7 Å². The number of hydrogen-bond acceptors (Lipinski definition) is 6. The van der Waals surface area contributed by atoms with Gasteiger partial charge in [0.1, 0.15) is 17.9 Å². The number of benzene rings is 4. The van der Waals surface area contributed by atoms with Gasteiger partial charge in [0, 0.05) is 22.2 Å². The zero-order valence-electron chi connectivity index (χ0n) is 19.6. The van der Waals surface area contributed by atoms with Gasteiger partial charge in [-0.15, -0.1) is 0 Å². The first kappa shape index (κ1) is 24.8. The molecule has 1 fully saturated rings. The van der Waals surface area contributed by atoms with Gasteiger partial charge in [0.05, 0.1) is 10.6 Å². The number of imide groups is 2. The molecule has 5 rings (SSSR count). The van der Waals surface area contributed by atoms with Crippen LogP contribution in [0.5, 0.6) is 5.75 Å². The molecular weight excluding hydrogens is 554 g/mol. The van der Waals surface area contributed by atoms with Crippen LogP contribution in [0.4, 0.5) is 16.2 Å². The predicted molar refractivity (Wildman–Crippen MR) is 145 cm³/mol. The standard InChI is InChI=1S/C28H18BrN3O6/c29-19-8-5-17(6-9-19)16-38-25-14-7-18-3-1-2-4-22(18)23(25)15-24-26(33)30-28(35)31(27(24)34)20-10-12-21(13-11-20)32(36)37/h1-15H,16H2,(H,30,33,35)/b24-15+. The molecule has 1 aliphatic heterocycles. The highest BCUT2D eigenvalue weighted by atomic mass is 79.9. The van der Waals surface area contributed by atoms with Gasteiger partial charge in [0.2, 0.25) is 0 Å². The Balaban J connectivity index is 1.55. The molecule has 0 unspecified atom stereocenters. The Labute approximate surface area is 224 Å². The fourth-order valence-electron chi connectivity index (χ4n) is 4.05. The van der Waals surface area contributed by atoms with Gasteiger partial charge in [-0.2, -0.15) is 0 Å². The Kier molecular flexibility index (Phi) is 6.71. The van der Waals surface area contributed by atoms with E-state index in [1.807, 2.05) is 54.6 Å². The molecule has 1 aliphatic rings. The van der Waals surface area contributed by atoms with Gasteiger partial charge >= 0.3 is 6.03 Å². The van der Waals surface area contributed by atoms with Crippen molar-refractivity contribution in [2.24, 2.45) is 0 Å². The Morgan fingerprint density at radius 1 is 0.921 bits per heavy atom. The van der Waals surface area contributed by atoms with Gasteiger partial charge < -0.3 is 4.74 Å². The summed E-state index contributed by atoms with van der Waals surface area (Å²) in [6.45, 7) is 0.245. The lowest BCUT2D eigenvalue weighted by atomic mass is 9.99. The van der Waals surface area contributed by atoms with Gasteiger partial charge in [-0.05, 0) is 52.7 Å². The smallest absolute Gasteiger partial charge is 0.335 e. The number of hydrogen-bond donors (Lipinski definition) is 1. The topological polar surface area (TPSA) is 119 Å². The number of fused-ring (bicyclic) bond motifs is 1. The second kappa shape index (κ2) is 10.3. The number of carbonyl (C=O) groups is 3. The lowest BCUT2D eigenvalue weighted by Crippen LogP contribution is -2.54. The Morgan fingerprint density at radius 2 is 1.63 bits per heavy atom. The summed E-state index contributed by atoms with van der Waals surface area (Å²) in [4.78, 5) is 50.0. The van der Waals surface area contributed by atoms with Crippen LogP contribution in [0.15, 0.2) is 95.0 Å². The minimum atomic E-state index is -0.948. The quantitative estimate of drug-likeness (QED) is 0.136. The monoisotopic (exact) mass is 571 g/mol. The third-order valence-corrected chi connectivity index (χ3v) is 6.48. The fourth-order valence-corrected chi connectivity index (χ4v) is 4.32. The van der Waals surface area contributed by atoms with Crippen LogP contribution < -0.4 is 15.0 Å². The summed E-state index contributed by atoms with van der Waals surface area (Å²) in [5, 5.41) is 14.8. The van der Waals surface area contributed by atoms with Crippen LogP contribution in [0.25, 0.3) is 16.8 Å². The van der Waals surface area contributed by atoms with Crippen LogP contribution >= 0.6 is 15.9 Å². The molecule has 1 saturated heterocycles. The van der Waals surface area contributed by atoms with Crippen LogP contribution in [0.1, 0.15) is 11.1 Å². The molecule has 188 valence electrons. The van der Waals surface area contributed by atoms with Crippen molar-refractivity contribution in [1.29, 1.82) is 0 Å². The number of urea groups is 1. The van der Waals surface area contributed by atoms with Gasteiger partial charge in [-0.25, -0.2) is 9.69 Å². The lowest BCUT2D eigenvalue weighted by Gasteiger charge is -2.26. The van der Waals surface area contributed by atoms with E-state index >= 15 is 0 Å². The maximum atomic E-state index is 13.4. The number of nitro benzene ring substituents is 1. The van der Waals surface area contributed by atoms with Crippen molar-refractivity contribution in [3.05, 3.63) is 116 Å². The molecule has 9 nitrogen and oxygen atoms in total. The number of nitrogens with zero attached hydrogens (tertiary/aromatic N) is 2. The third-order valence-electron chi connectivity index (χ3n) is 5.95. The molecule has 0 aliphatic carbocycles. The summed E-state index contributed by atoms with van der Waals surface area (Å²) < 4.78 is 7.04. The summed E-state index contributed by atoms with van der Waals surface area (Å²) in [7, 11) is 0. The van der Waals surface area contributed by atoms with E-state index < -0.39 is 22.8 Å². The van der Waals surface area contributed by atoms with Crippen LogP contribution in [-0.4, -0.2) is 22.8 Å². The SMILES string of the molecule is O=C1NC(=O)N(c2ccc([N+](=O)[O-])cc2)C(=O)/C1=C/c1c(OCc2ccc(Br)cc2)ccc2ccccc12. The maximum Gasteiger partial charge on any atom is 0.335 e. The van der Waals surface area contributed by atoms with Crippen LogP contribution in [0, 0.1) is 10.1 Å². The highest BCUT2D eigenvalue weighted by Gasteiger charge is 2.37. The number of amides is 4. The maximum absolute atomic E-state index is 13.4. The zero-order chi connectivity index (χ0) is 26.8. The summed E-state index contributed by atoms with van der Waals surface area (Å²) >= 11 is 3.41. The van der Waals surface area contributed by atoms with E-state index in [-0.39, 0.29) is 23.6 Å². The second-order valence-corrected chi connectivity index (χ2v) is 9.26. The predicted octanol–water partition coefficient (Wildman–Crippen LogP) is 5.76. The number of non-ortho nitro benzene ring substituents is 1. The first-order valence-corrected chi connectivity index (χ1v) is 12.2. The van der Waals surface area contributed by atoms with E-state index in [4.69, 9.17) is 4.74 Å². The first-order chi connectivity index (χ1) is 18.3. The van der Waals surface area contributed by atoms with E-state index in [1.54, 1.807) is 6.07 Å². The molecule has 0 saturated carbocycles. The minimum Gasteiger partial charge on any atom is -0.488 e. The Morgan fingerprint density at radius 3 is 2.34 bits per heavy atom. The number of nitro groups is 1. The largest absolute Gasteiger partial charge is 0.488 e. The molecular formula is C28H18BrN3O6. The molecule has 4 amide bonds. The zero-order valence-corrected chi connectivity index (χ0v) is 21.2. The Bertz CT molecular complexity index is 1630. The van der Waals surface area contributed by atoms with Crippen molar-refractivity contribution in [3.8, 4) is 5.75 Å². The van der Waals surface area contributed by atoms with Gasteiger partial charge in [0.15, 0.2) is 0 Å². The molecule has 1 heterocycles. The number of carbonyl (C=O) groups excluding carboxylic acids is 3. The number of nitrogens with one attached hydrogen (secondary N) is 1. The third kappa shape index (κ3) is 4.89. The highest BCUT2D eigenvalue weighted by Crippen LogP contribution is 2.32. The summed E-state index contributed by atoms with van der Waals surface area (Å²) in [5.74, 6) is -1.28. The van der Waals surface area contributed by atoms with Crippen molar-refractivity contribution >= 4 is 62.0 Å². The summed E-state index contributed by atoms with van der Waals surface area (Å²) in [6.07, 6.45) is 1.40. The number of rotatable bonds is 6. The highest BCUT2D eigenvalue weighted by molar-refractivity contribution is 9.10. The average Bonchev–Trinajstić information content (AvgIpc) is 2.91. The lowest BCUT2D eigenvalue weighted by molar-refractivity contribution is -0.384. The molecule has 0 radical (unpaired) electrons. The normalized spacial score (nSPS) is 14.6. The number of barbiturate groups is 1. The number of halogens is 1. The Hall–Kier alpha value is -4.83. The first-order valence-electron chi connectivity index (χ1n) is 11.4. The molecule has 0 atom stereocenters. The molecule has 10 heteroatoms. The summed E-state index contributed by atoms with van der Waals surface area (Å²) in [6, 6.07) is 22.6. The van der Waals surface area contributed by atoms with E-state index in [9.17, 15) is 24.5 Å². The van der Waals surface area contributed by atoms with Crippen LogP contribution in [0.2, 0.25) is 0 Å². The van der Waals surface area contributed by atoms with E-state index in [0.29, 0.717) is 11.3 Å². The van der Waals surface area contributed by atoms with E-state index in [2.05, 4.69) is 21.2 Å². The molecule has 4 aromatic carbocycles. The van der Waals surface area contributed by atoms with Crippen molar-refractivity contribution in [1.82, 2.24) is 5.32 Å². The van der Waals surface area contributed by atoms with Gasteiger partial charge in [0.25, 0.3) is 17.5 Å². The van der Waals surface area contributed by atoms with Crippen molar-refractivity contribution < 1.29 is 24.0 Å². The fraction of sp³-hybridized carbons (Fsp3) is 0.0357. The molecule has 0 spiro atoms. The number of anilines is 1. The average molecular weight is 572 g/mol. The van der Waals surface area contributed by atoms with Gasteiger partial charge in [-0.3, -0.25) is 25.0 Å². The molecule has 0 bridgehead atoms. The van der Waals surface area contributed by atoms with Crippen molar-refractivity contribution in [3.63, 3.8) is 0 Å².